The van der Waals surface area contributed by atoms with E-state index < -0.39 is 0 Å². The molecule has 0 bridgehead atoms. The Kier molecular flexibility index (Phi) is 3.91. The minimum Gasteiger partial charge on any atom is -0.467 e. The number of rotatable bonds is 4. The molecule has 1 amide bonds. The van der Waals surface area contributed by atoms with E-state index in [-0.39, 0.29) is 11.9 Å². The van der Waals surface area contributed by atoms with Gasteiger partial charge in [0.2, 0.25) is 0 Å². The Balaban J connectivity index is 2.83. The summed E-state index contributed by atoms with van der Waals surface area (Å²) < 4.78 is 5.14. The van der Waals surface area contributed by atoms with Gasteiger partial charge in [0.05, 0.1) is 12.1 Å². The number of hydrogen-bond donors (Lipinski definition) is 1. The van der Waals surface area contributed by atoms with Crippen LogP contribution in [0.4, 0.5) is 0 Å². The predicted octanol–water partition coefficient (Wildman–Crippen LogP) is 1.61. The third kappa shape index (κ3) is 2.59. The zero-order chi connectivity index (χ0) is 11.4. The Hall–Kier alpha value is -1.29. The Morgan fingerprint density at radius 1 is 1.60 bits per heavy atom. The highest BCUT2D eigenvalue weighted by atomic mass is 16.3. The number of carbonyl (C=O) groups is 1. The zero-order valence-electron chi connectivity index (χ0n) is 9.49. The molecule has 84 valence electrons. The van der Waals surface area contributed by atoms with Crippen LogP contribution in [0.3, 0.4) is 0 Å². The van der Waals surface area contributed by atoms with Gasteiger partial charge in [-0.3, -0.25) is 4.79 Å². The topological polar surface area (TPSA) is 59.5 Å². The van der Waals surface area contributed by atoms with Crippen LogP contribution in [0.2, 0.25) is 0 Å². The summed E-state index contributed by atoms with van der Waals surface area (Å²) in [4.78, 5) is 13.8. The molecule has 1 aromatic heterocycles. The van der Waals surface area contributed by atoms with Crippen molar-refractivity contribution in [2.75, 3.05) is 6.54 Å². The largest absolute Gasteiger partial charge is 0.467 e. The van der Waals surface area contributed by atoms with Gasteiger partial charge >= 0.3 is 0 Å². The molecule has 15 heavy (non-hydrogen) atoms. The van der Waals surface area contributed by atoms with Gasteiger partial charge in [0.1, 0.15) is 12.0 Å². The van der Waals surface area contributed by atoms with Crippen molar-refractivity contribution in [1.82, 2.24) is 4.90 Å². The van der Waals surface area contributed by atoms with E-state index in [1.807, 2.05) is 20.8 Å². The first kappa shape index (κ1) is 11.8. The first-order valence-corrected chi connectivity index (χ1v) is 5.18. The summed E-state index contributed by atoms with van der Waals surface area (Å²) in [5, 5.41) is 0. The summed E-state index contributed by atoms with van der Waals surface area (Å²) in [7, 11) is 0. The van der Waals surface area contributed by atoms with Gasteiger partial charge in [-0.15, -0.1) is 0 Å². The van der Waals surface area contributed by atoms with Crippen LogP contribution >= 0.6 is 0 Å². The Bertz CT molecular complexity index is 331. The van der Waals surface area contributed by atoms with Gasteiger partial charge in [-0.1, -0.05) is 0 Å². The number of nitrogens with two attached hydrogens (primary N) is 1. The van der Waals surface area contributed by atoms with Crippen LogP contribution in [0.1, 0.15) is 36.9 Å². The summed E-state index contributed by atoms with van der Waals surface area (Å²) in [6.45, 7) is 6.96. The molecule has 2 N–H and O–H groups in total. The number of nitrogens with zero attached hydrogens (tertiary/aromatic N) is 1. The second kappa shape index (κ2) is 4.98. The van der Waals surface area contributed by atoms with E-state index in [9.17, 15) is 4.79 Å². The van der Waals surface area contributed by atoms with E-state index >= 15 is 0 Å². The number of carbonyl (C=O) groups excluding carboxylic acids is 1. The van der Waals surface area contributed by atoms with E-state index in [2.05, 4.69) is 0 Å². The highest BCUT2D eigenvalue weighted by Gasteiger charge is 2.18. The molecule has 0 atom stereocenters. The molecule has 0 aromatic carbocycles. The van der Waals surface area contributed by atoms with Crippen LogP contribution in [0.15, 0.2) is 16.7 Å². The highest BCUT2D eigenvalue weighted by molar-refractivity contribution is 5.94. The molecule has 1 aromatic rings. The summed E-state index contributed by atoms with van der Waals surface area (Å²) in [5.74, 6) is 0.633. The molecule has 0 radical (unpaired) electrons. The van der Waals surface area contributed by atoms with E-state index in [1.54, 1.807) is 11.0 Å². The fourth-order valence-electron chi connectivity index (χ4n) is 1.51. The molecule has 0 aliphatic heterocycles. The third-order valence-corrected chi connectivity index (χ3v) is 2.33. The summed E-state index contributed by atoms with van der Waals surface area (Å²) >= 11 is 0. The molecule has 0 saturated carbocycles. The van der Waals surface area contributed by atoms with Crippen molar-refractivity contribution in [2.45, 2.75) is 33.4 Å². The fraction of sp³-hybridized carbons (Fsp3) is 0.545. The molecule has 0 fully saturated rings. The fourth-order valence-corrected chi connectivity index (χ4v) is 1.51. The SMILES string of the molecule is CCN(C(=O)c1coc(CN)c1)C(C)C. The lowest BCUT2D eigenvalue weighted by Gasteiger charge is -2.24. The first-order chi connectivity index (χ1) is 7.10. The van der Waals surface area contributed by atoms with Crippen molar-refractivity contribution in [1.29, 1.82) is 0 Å². The maximum atomic E-state index is 12.0. The van der Waals surface area contributed by atoms with Crippen molar-refractivity contribution < 1.29 is 9.21 Å². The van der Waals surface area contributed by atoms with Gasteiger partial charge in [-0.25, -0.2) is 0 Å². The van der Waals surface area contributed by atoms with Crippen molar-refractivity contribution in [3.63, 3.8) is 0 Å². The van der Waals surface area contributed by atoms with Crippen LogP contribution in [-0.2, 0) is 6.54 Å². The van der Waals surface area contributed by atoms with Gasteiger partial charge in [0.15, 0.2) is 0 Å². The Morgan fingerprint density at radius 2 is 2.27 bits per heavy atom. The molecule has 0 aliphatic rings. The third-order valence-electron chi connectivity index (χ3n) is 2.33. The molecule has 0 saturated heterocycles. The lowest BCUT2D eigenvalue weighted by molar-refractivity contribution is 0.0716. The van der Waals surface area contributed by atoms with E-state index in [0.29, 0.717) is 24.4 Å². The second-order valence-electron chi connectivity index (χ2n) is 3.69. The number of hydrogen-bond acceptors (Lipinski definition) is 3. The van der Waals surface area contributed by atoms with E-state index in [1.165, 1.54) is 6.26 Å². The summed E-state index contributed by atoms with van der Waals surface area (Å²) in [5.41, 5.74) is 5.99. The lowest BCUT2D eigenvalue weighted by Crippen LogP contribution is -2.36. The average molecular weight is 210 g/mol. The van der Waals surface area contributed by atoms with E-state index in [0.717, 1.165) is 0 Å². The number of amides is 1. The molecular formula is C11H18N2O2. The monoisotopic (exact) mass is 210 g/mol. The summed E-state index contributed by atoms with van der Waals surface area (Å²) in [6.07, 6.45) is 1.47. The van der Waals surface area contributed by atoms with Gasteiger partial charge in [0.25, 0.3) is 5.91 Å². The normalized spacial score (nSPS) is 10.7. The van der Waals surface area contributed by atoms with Gasteiger partial charge in [-0.2, -0.15) is 0 Å². The maximum absolute atomic E-state index is 12.0. The van der Waals surface area contributed by atoms with Crippen molar-refractivity contribution in [2.24, 2.45) is 5.73 Å². The van der Waals surface area contributed by atoms with Crippen molar-refractivity contribution in [3.05, 3.63) is 23.7 Å². The standard InChI is InChI=1S/C11H18N2O2/c1-4-13(8(2)3)11(14)9-5-10(6-12)15-7-9/h5,7-8H,4,6,12H2,1-3H3. The first-order valence-electron chi connectivity index (χ1n) is 5.18. The Morgan fingerprint density at radius 3 is 2.67 bits per heavy atom. The van der Waals surface area contributed by atoms with Crippen LogP contribution in [0, 0.1) is 0 Å². The molecule has 4 heteroatoms. The molecule has 4 nitrogen and oxygen atoms in total. The minimum atomic E-state index is -0.00375. The second-order valence-corrected chi connectivity index (χ2v) is 3.69. The molecule has 1 heterocycles. The molecule has 1 rings (SSSR count). The van der Waals surface area contributed by atoms with Crippen molar-refractivity contribution >= 4 is 5.91 Å². The highest BCUT2D eigenvalue weighted by Crippen LogP contribution is 2.12. The van der Waals surface area contributed by atoms with Crippen LogP contribution in [0.5, 0.6) is 0 Å². The average Bonchev–Trinajstić information content (AvgIpc) is 2.66. The molecule has 0 aliphatic carbocycles. The smallest absolute Gasteiger partial charge is 0.257 e. The van der Waals surface area contributed by atoms with E-state index in [4.69, 9.17) is 10.2 Å². The quantitative estimate of drug-likeness (QED) is 0.821. The van der Waals surface area contributed by atoms with Gasteiger partial charge < -0.3 is 15.1 Å². The number of furan rings is 1. The molecule has 0 unspecified atom stereocenters. The Labute approximate surface area is 90.0 Å². The van der Waals surface area contributed by atoms with Crippen molar-refractivity contribution in [3.8, 4) is 0 Å². The summed E-state index contributed by atoms with van der Waals surface area (Å²) in [6, 6.07) is 1.90. The minimum absolute atomic E-state index is 0.00375. The van der Waals surface area contributed by atoms with Crippen LogP contribution < -0.4 is 5.73 Å². The molecule has 0 spiro atoms. The lowest BCUT2D eigenvalue weighted by atomic mass is 10.2. The van der Waals surface area contributed by atoms with Crippen LogP contribution in [-0.4, -0.2) is 23.4 Å². The van der Waals surface area contributed by atoms with Crippen LogP contribution in [0.25, 0.3) is 0 Å². The predicted molar refractivity (Wildman–Crippen MR) is 58.4 cm³/mol. The zero-order valence-corrected chi connectivity index (χ0v) is 9.49. The van der Waals surface area contributed by atoms with Gasteiger partial charge in [-0.05, 0) is 26.8 Å². The maximum Gasteiger partial charge on any atom is 0.257 e. The van der Waals surface area contributed by atoms with Gasteiger partial charge in [0, 0.05) is 12.6 Å². The molecular weight excluding hydrogens is 192 g/mol.